The molecule has 16 heavy (non-hydrogen) atoms. The molecule has 78 valence electrons. The summed E-state index contributed by atoms with van der Waals surface area (Å²) in [6.07, 6.45) is 7.87. The Morgan fingerprint density at radius 3 is 1.94 bits per heavy atom. The Balaban J connectivity index is 2.01. The third-order valence-electron chi connectivity index (χ3n) is 2.95. The molecule has 0 aliphatic heterocycles. The fraction of sp³-hybridized carbons (Fsp3) is 0.0714. The number of allylic oxidation sites excluding steroid dienone is 2. The van der Waals surface area contributed by atoms with Gasteiger partial charge in [-0.15, -0.1) is 0 Å². The lowest BCUT2D eigenvalue weighted by molar-refractivity contribution is 0.485. The quantitative estimate of drug-likeness (QED) is 0.785. The van der Waals surface area contributed by atoms with Crippen LogP contribution in [-0.4, -0.2) is 5.11 Å². The maximum absolute atomic E-state index is 11.1. The van der Waals surface area contributed by atoms with Gasteiger partial charge in [-0.05, 0) is 11.1 Å². The highest BCUT2D eigenvalue weighted by atomic mass is 16.3. The highest BCUT2D eigenvalue weighted by Gasteiger charge is 2.27. The van der Waals surface area contributed by atoms with Crippen LogP contribution >= 0.6 is 0 Å². The standard InChI is InChI=1S/C14H10O2/c15-13-12(14(13)16)11-7-5-9-3-1-2-4-10(9)6-8-11/h1-8,11,15H. The first-order chi connectivity index (χ1) is 7.77. The molecule has 0 saturated carbocycles. The van der Waals surface area contributed by atoms with Crippen molar-refractivity contribution in [2.75, 3.05) is 0 Å². The summed E-state index contributed by atoms with van der Waals surface area (Å²) >= 11 is 0. The van der Waals surface area contributed by atoms with E-state index in [2.05, 4.69) is 0 Å². The van der Waals surface area contributed by atoms with Gasteiger partial charge in [0.1, 0.15) is 0 Å². The zero-order valence-electron chi connectivity index (χ0n) is 8.55. The van der Waals surface area contributed by atoms with Crippen LogP contribution in [0, 0.1) is 0 Å². The second-order valence-electron chi connectivity index (χ2n) is 3.96. The molecule has 2 heteroatoms. The van der Waals surface area contributed by atoms with Crippen molar-refractivity contribution in [1.82, 2.24) is 0 Å². The molecule has 0 bridgehead atoms. The largest absolute Gasteiger partial charge is 0.504 e. The summed E-state index contributed by atoms with van der Waals surface area (Å²) in [5.41, 5.74) is 2.59. The topological polar surface area (TPSA) is 37.3 Å². The maximum atomic E-state index is 11.1. The van der Waals surface area contributed by atoms with Crippen molar-refractivity contribution >= 4 is 12.2 Å². The zero-order chi connectivity index (χ0) is 11.1. The molecule has 2 aromatic carbocycles. The number of hydrogen-bond donors (Lipinski definition) is 1. The summed E-state index contributed by atoms with van der Waals surface area (Å²) in [4.78, 5) is 11.1. The Morgan fingerprint density at radius 2 is 1.50 bits per heavy atom. The number of hydrogen-bond acceptors (Lipinski definition) is 2. The minimum Gasteiger partial charge on any atom is -0.504 e. The van der Waals surface area contributed by atoms with Crippen molar-refractivity contribution in [3.05, 3.63) is 63.3 Å². The fourth-order valence-corrected chi connectivity index (χ4v) is 1.97. The minimum atomic E-state index is -0.203. The van der Waals surface area contributed by atoms with Crippen LogP contribution in [0.5, 0.6) is 5.75 Å². The lowest BCUT2D eigenvalue weighted by atomic mass is 10.1. The molecule has 0 unspecified atom stereocenters. The van der Waals surface area contributed by atoms with Crippen LogP contribution in [0.4, 0.5) is 0 Å². The summed E-state index contributed by atoms with van der Waals surface area (Å²) in [5, 5.41) is 9.22. The van der Waals surface area contributed by atoms with Crippen LogP contribution in [0.1, 0.15) is 22.6 Å². The van der Waals surface area contributed by atoms with E-state index in [4.69, 9.17) is 0 Å². The van der Waals surface area contributed by atoms with E-state index in [1.54, 1.807) is 0 Å². The summed E-state index contributed by atoms with van der Waals surface area (Å²) < 4.78 is 0. The van der Waals surface area contributed by atoms with Gasteiger partial charge in [-0.2, -0.15) is 0 Å². The third-order valence-corrected chi connectivity index (χ3v) is 2.95. The minimum absolute atomic E-state index is 0.0646. The molecule has 1 N–H and O–H groups in total. The van der Waals surface area contributed by atoms with Gasteiger partial charge in [-0.1, -0.05) is 48.6 Å². The lowest BCUT2D eigenvalue weighted by Gasteiger charge is -1.96. The molecule has 0 spiro atoms. The Morgan fingerprint density at radius 1 is 1.00 bits per heavy atom. The molecular weight excluding hydrogens is 200 g/mol. The molecule has 0 heterocycles. The molecule has 0 fully saturated rings. The Bertz CT molecular complexity index is 577. The SMILES string of the molecule is O=c1c(O)c1C1C=Cc2ccccc2C=C1. The first kappa shape index (κ1) is 9.16. The van der Waals surface area contributed by atoms with Gasteiger partial charge < -0.3 is 5.11 Å². The molecule has 1 aliphatic rings. The predicted molar refractivity (Wildman–Crippen MR) is 64.0 cm³/mol. The first-order valence-corrected chi connectivity index (χ1v) is 5.20. The molecule has 1 aliphatic carbocycles. The zero-order valence-corrected chi connectivity index (χ0v) is 8.55. The third kappa shape index (κ3) is 1.31. The molecule has 0 radical (unpaired) electrons. The molecule has 0 amide bonds. The summed E-state index contributed by atoms with van der Waals surface area (Å²) in [5.74, 6) is -0.148. The Kier molecular flexibility index (Phi) is 1.83. The summed E-state index contributed by atoms with van der Waals surface area (Å²) in [6.45, 7) is 0. The normalized spacial score (nSPS) is 15.2. The van der Waals surface area contributed by atoms with Crippen molar-refractivity contribution < 1.29 is 5.11 Å². The molecular formula is C14H10O2. The summed E-state index contributed by atoms with van der Waals surface area (Å²) in [6, 6.07) is 8.02. The van der Waals surface area contributed by atoms with Gasteiger partial charge in [0.05, 0.1) is 5.56 Å². The summed E-state index contributed by atoms with van der Waals surface area (Å²) in [7, 11) is 0. The van der Waals surface area contributed by atoms with Crippen LogP contribution in [0.3, 0.4) is 0 Å². The van der Waals surface area contributed by atoms with E-state index >= 15 is 0 Å². The van der Waals surface area contributed by atoms with E-state index in [0.29, 0.717) is 5.56 Å². The Hall–Kier alpha value is -2.09. The van der Waals surface area contributed by atoms with Gasteiger partial charge in [-0.3, -0.25) is 4.79 Å². The van der Waals surface area contributed by atoms with E-state index < -0.39 is 0 Å². The van der Waals surface area contributed by atoms with Crippen molar-refractivity contribution in [1.29, 1.82) is 0 Å². The van der Waals surface area contributed by atoms with Crippen LogP contribution in [0.2, 0.25) is 0 Å². The fourth-order valence-electron chi connectivity index (χ4n) is 1.97. The highest BCUT2D eigenvalue weighted by molar-refractivity contribution is 5.70. The van der Waals surface area contributed by atoms with Crippen molar-refractivity contribution in [3.63, 3.8) is 0 Å². The lowest BCUT2D eigenvalue weighted by Crippen LogP contribution is -1.87. The van der Waals surface area contributed by atoms with Crippen molar-refractivity contribution in [3.8, 4) is 5.75 Å². The number of rotatable bonds is 1. The first-order valence-electron chi connectivity index (χ1n) is 5.20. The number of fused-ring (bicyclic) bond motifs is 1. The molecule has 0 saturated heterocycles. The molecule has 3 rings (SSSR count). The smallest absolute Gasteiger partial charge is 0.228 e. The number of aromatic hydroxyl groups is 1. The van der Waals surface area contributed by atoms with Gasteiger partial charge in [0.2, 0.25) is 5.43 Å². The average molecular weight is 210 g/mol. The highest BCUT2D eigenvalue weighted by Crippen LogP contribution is 2.32. The Labute approximate surface area is 92.9 Å². The van der Waals surface area contributed by atoms with Gasteiger partial charge in [0.15, 0.2) is 5.75 Å². The van der Waals surface area contributed by atoms with E-state index in [9.17, 15) is 9.90 Å². The second-order valence-corrected chi connectivity index (χ2v) is 3.96. The number of benzene rings is 1. The van der Waals surface area contributed by atoms with Crippen LogP contribution in [0.25, 0.3) is 12.2 Å². The van der Waals surface area contributed by atoms with Gasteiger partial charge in [0.25, 0.3) is 0 Å². The molecule has 0 atom stereocenters. The van der Waals surface area contributed by atoms with Crippen LogP contribution in [-0.2, 0) is 0 Å². The molecule has 0 aromatic heterocycles. The second kappa shape index (κ2) is 3.20. The van der Waals surface area contributed by atoms with Crippen molar-refractivity contribution in [2.24, 2.45) is 0 Å². The monoisotopic (exact) mass is 210 g/mol. The van der Waals surface area contributed by atoms with E-state index in [-0.39, 0.29) is 17.1 Å². The van der Waals surface area contributed by atoms with Gasteiger partial charge in [-0.25, -0.2) is 0 Å². The van der Waals surface area contributed by atoms with Gasteiger partial charge in [0, 0.05) is 5.92 Å². The van der Waals surface area contributed by atoms with E-state index in [1.807, 2.05) is 48.6 Å². The molecule has 2 aromatic rings. The van der Waals surface area contributed by atoms with Crippen molar-refractivity contribution in [2.45, 2.75) is 5.92 Å². The van der Waals surface area contributed by atoms with E-state index in [0.717, 1.165) is 11.1 Å². The van der Waals surface area contributed by atoms with Gasteiger partial charge >= 0.3 is 0 Å². The molecule has 2 nitrogen and oxygen atoms in total. The van der Waals surface area contributed by atoms with Crippen LogP contribution in [0.15, 0.2) is 41.2 Å². The van der Waals surface area contributed by atoms with Crippen LogP contribution < -0.4 is 5.43 Å². The maximum Gasteiger partial charge on any atom is 0.228 e. The van der Waals surface area contributed by atoms with E-state index in [1.165, 1.54) is 0 Å². The predicted octanol–water partition coefficient (Wildman–Crippen LogP) is 2.45. The average Bonchev–Trinajstić information content (AvgIpc) is 2.95.